The molecule has 2 nitrogen and oxygen atoms in total. The highest BCUT2D eigenvalue weighted by atomic mass is 15.1. The average molecular weight is 142 g/mol. The second-order valence-electron chi connectivity index (χ2n) is 3.32. The Hall–Kier alpha value is -0.0800. The molecule has 2 atom stereocenters. The molecule has 0 aliphatic carbocycles. The van der Waals surface area contributed by atoms with Crippen LogP contribution in [0.4, 0.5) is 0 Å². The Morgan fingerprint density at radius 1 is 1.60 bits per heavy atom. The van der Waals surface area contributed by atoms with E-state index in [0.717, 1.165) is 0 Å². The predicted molar refractivity (Wildman–Crippen MR) is 43.9 cm³/mol. The van der Waals surface area contributed by atoms with Gasteiger partial charge >= 0.3 is 0 Å². The maximum absolute atomic E-state index is 5.87. The van der Waals surface area contributed by atoms with E-state index >= 15 is 0 Å². The van der Waals surface area contributed by atoms with Crippen molar-refractivity contribution in [3.63, 3.8) is 0 Å². The van der Waals surface area contributed by atoms with Crippen LogP contribution in [0.15, 0.2) is 0 Å². The van der Waals surface area contributed by atoms with Gasteiger partial charge in [-0.2, -0.15) is 0 Å². The van der Waals surface area contributed by atoms with Gasteiger partial charge in [0.25, 0.3) is 0 Å². The van der Waals surface area contributed by atoms with E-state index in [4.69, 9.17) is 5.73 Å². The smallest absolute Gasteiger partial charge is 0.00889 e. The van der Waals surface area contributed by atoms with E-state index in [2.05, 4.69) is 18.7 Å². The minimum atomic E-state index is 0.447. The van der Waals surface area contributed by atoms with Crippen molar-refractivity contribution >= 4 is 0 Å². The summed E-state index contributed by atoms with van der Waals surface area (Å²) >= 11 is 0. The normalized spacial score (nSPS) is 36.3. The Bertz CT molecular complexity index is 103. The van der Waals surface area contributed by atoms with Gasteiger partial charge in [-0.15, -0.1) is 0 Å². The SMILES string of the molecule is CCN1CC[C@H](N)[C@@H](C)C1. The van der Waals surface area contributed by atoms with Gasteiger partial charge in [-0.25, -0.2) is 0 Å². The summed E-state index contributed by atoms with van der Waals surface area (Å²) in [5.41, 5.74) is 5.87. The van der Waals surface area contributed by atoms with E-state index in [1.807, 2.05) is 0 Å². The van der Waals surface area contributed by atoms with Crippen LogP contribution >= 0.6 is 0 Å². The molecule has 0 spiro atoms. The first-order valence-electron chi connectivity index (χ1n) is 4.22. The van der Waals surface area contributed by atoms with E-state index in [1.165, 1.54) is 26.1 Å². The van der Waals surface area contributed by atoms with Gasteiger partial charge in [0.05, 0.1) is 0 Å². The highest BCUT2D eigenvalue weighted by Gasteiger charge is 2.21. The number of nitrogens with zero attached hydrogens (tertiary/aromatic N) is 1. The zero-order valence-electron chi connectivity index (χ0n) is 7.01. The summed E-state index contributed by atoms with van der Waals surface area (Å²) in [6.45, 7) is 8.02. The lowest BCUT2D eigenvalue weighted by molar-refractivity contribution is 0.172. The standard InChI is InChI=1S/C8H18N2/c1-3-10-5-4-8(9)7(2)6-10/h7-8H,3-6,9H2,1-2H3/t7-,8-/m0/s1. The number of hydrogen-bond donors (Lipinski definition) is 1. The summed E-state index contributed by atoms with van der Waals surface area (Å²) in [5, 5.41) is 0. The highest BCUT2D eigenvalue weighted by molar-refractivity contribution is 4.79. The van der Waals surface area contributed by atoms with Gasteiger partial charge in [-0.1, -0.05) is 13.8 Å². The Labute approximate surface area is 63.4 Å². The van der Waals surface area contributed by atoms with Crippen molar-refractivity contribution in [3.8, 4) is 0 Å². The Morgan fingerprint density at radius 3 is 2.80 bits per heavy atom. The molecular formula is C8H18N2. The molecule has 0 amide bonds. The third kappa shape index (κ3) is 1.70. The fraction of sp³-hybridized carbons (Fsp3) is 1.00. The predicted octanol–water partition coefficient (Wildman–Crippen LogP) is 0.675. The van der Waals surface area contributed by atoms with Crippen LogP contribution in [0.1, 0.15) is 20.3 Å². The topological polar surface area (TPSA) is 29.3 Å². The van der Waals surface area contributed by atoms with E-state index < -0.39 is 0 Å². The Kier molecular flexibility index (Phi) is 2.69. The summed E-state index contributed by atoms with van der Waals surface area (Å²) < 4.78 is 0. The fourth-order valence-electron chi connectivity index (χ4n) is 1.54. The molecule has 60 valence electrons. The molecular weight excluding hydrogens is 124 g/mol. The maximum Gasteiger partial charge on any atom is 0.00889 e. The first-order valence-corrected chi connectivity index (χ1v) is 4.22. The maximum atomic E-state index is 5.87. The zero-order chi connectivity index (χ0) is 7.56. The molecule has 0 saturated carbocycles. The van der Waals surface area contributed by atoms with Crippen LogP contribution in [-0.2, 0) is 0 Å². The van der Waals surface area contributed by atoms with E-state index in [1.54, 1.807) is 0 Å². The molecule has 0 aromatic rings. The molecule has 1 aliphatic rings. The van der Waals surface area contributed by atoms with Crippen molar-refractivity contribution in [2.24, 2.45) is 11.7 Å². The summed E-state index contributed by atoms with van der Waals surface area (Å²) in [6.07, 6.45) is 1.18. The molecule has 10 heavy (non-hydrogen) atoms. The molecule has 1 heterocycles. The monoisotopic (exact) mass is 142 g/mol. The van der Waals surface area contributed by atoms with Gasteiger partial charge in [-0.3, -0.25) is 0 Å². The minimum absolute atomic E-state index is 0.447. The van der Waals surface area contributed by atoms with Gasteiger partial charge < -0.3 is 10.6 Å². The van der Waals surface area contributed by atoms with Crippen LogP contribution in [0.5, 0.6) is 0 Å². The number of hydrogen-bond acceptors (Lipinski definition) is 2. The first-order chi connectivity index (χ1) is 4.74. The number of likely N-dealkylation sites (tertiary alicyclic amines) is 1. The number of piperidine rings is 1. The van der Waals surface area contributed by atoms with Crippen molar-refractivity contribution in [2.45, 2.75) is 26.3 Å². The quantitative estimate of drug-likeness (QED) is 0.583. The Morgan fingerprint density at radius 2 is 2.30 bits per heavy atom. The molecule has 0 aromatic carbocycles. The molecule has 1 rings (SSSR count). The van der Waals surface area contributed by atoms with Gasteiger partial charge in [0.2, 0.25) is 0 Å². The van der Waals surface area contributed by atoms with Crippen molar-refractivity contribution in [2.75, 3.05) is 19.6 Å². The van der Waals surface area contributed by atoms with E-state index in [0.29, 0.717) is 12.0 Å². The van der Waals surface area contributed by atoms with Gasteiger partial charge in [0, 0.05) is 12.6 Å². The van der Waals surface area contributed by atoms with Crippen molar-refractivity contribution in [1.82, 2.24) is 4.90 Å². The van der Waals surface area contributed by atoms with Crippen LogP contribution in [-0.4, -0.2) is 30.6 Å². The summed E-state index contributed by atoms with van der Waals surface area (Å²) in [4.78, 5) is 2.47. The fourth-order valence-corrected chi connectivity index (χ4v) is 1.54. The molecule has 1 fully saturated rings. The van der Waals surface area contributed by atoms with E-state index in [-0.39, 0.29) is 0 Å². The molecule has 0 radical (unpaired) electrons. The van der Waals surface area contributed by atoms with Gasteiger partial charge in [0.15, 0.2) is 0 Å². The van der Waals surface area contributed by atoms with Crippen LogP contribution in [0.2, 0.25) is 0 Å². The third-order valence-corrected chi connectivity index (χ3v) is 2.50. The van der Waals surface area contributed by atoms with Gasteiger partial charge in [0.1, 0.15) is 0 Å². The average Bonchev–Trinajstić information content (AvgIpc) is 1.95. The van der Waals surface area contributed by atoms with Crippen molar-refractivity contribution in [1.29, 1.82) is 0 Å². The summed E-state index contributed by atoms with van der Waals surface area (Å²) in [5.74, 6) is 0.689. The molecule has 0 unspecified atom stereocenters. The lowest BCUT2D eigenvalue weighted by Crippen LogP contribution is -2.45. The van der Waals surface area contributed by atoms with Crippen molar-refractivity contribution < 1.29 is 0 Å². The van der Waals surface area contributed by atoms with Gasteiger partial charge in [-0.05, 0) is 25.4 Å². The third-order valence-electron chi connectivity index (χ3n) is 2.50. The van der Waals surface area contributed by atoms with Crippen LogP contribution in [0.25, 0.3) is 0 Å². The largest absolute Gasteiger partial charge is 0.327 e. The van der Waals surface area contributed by atoms with Crippen LogP contribution < -0.4 is 5.73 Å². The first kappa shape index (κ1) is 8.02. The molecule has 0 aromatic heterocycles. The molecule has 2 heteroatoms. The summed E-state index contributed by atoms with van der Waals surface area (Å²) in [7, 11) is 0. The molecule has 1 saturated heterocycles. The summed E-state index contributed by atoms with van der Waals surface area (Å²) in [6, 6.07) is 0.447. The molecule has 2 N–H and O–H groups in total. The number of nitrogens with two attached hydrogens (primary N) is 1. The molecule has 0 bridgehead atoms. The van der Waals surface area contributed by atoms with Crippen LogP contribution in [0, 0.1) is 5.92 Å². The number of rotatable bonds is 1. The second kappa shape index (κ2) is 3.35. The lowest BCUT2D eigenvalue weighted by Gasteiger charge is -2.34. The lowest BCUT2D eigenvalue weighted by atomic mass is 9.95. The van der Waals surface area contributed by atoms with E-state index in [9.17, 15) is 0 Å². The minimum Gasteiger partial charge on any atom is -0.327 e. The van der Waals surface area contributed by atoms with Crippen LogP contribution in [0.3, 0.4) is 0 Å². The highest BCUT2D eigenvalue weighted by Crippen LogP contribution is 2.13. The molecule has 1 aliphatic heterocycles. The van der Waals surface area contributed by atoms with Crippen molar-refractivity contribution in [3.05, 3.63) is 0 Å². The Balaban J connectivity index is 2.33. The second-order valence-corrected chi connectivity index (χ2v) is 3.32. The zero-order valence-corrected chi connectivity index (χ0v) is 7.01.